The molecule has 0 amide bonds. The van der Waals surface area contributed by atoms with Crippen LogP contribution < -0.4 is 10.0 Å². The van der Waals surface area contributed by atoms with Crippen LogP contribution in [0.3, 0.4) is 0 Å². The van der Waals surface area contributed by atoms with Crippen molar-refractivity contribution in [3.05, 3.63) is 58.5 Å². The quantitative estimate of drug-likeness (QED) is 0.563. The maximum absolute atomic E-state index is 12.8. The number of halogens is 4. The Kier molecular flexibility index (Phi) is 5.36. The standard InChI is InChI=1S/C21H22ClF3N6O2S/c1-13-6-17(22)31-18(13)19(27-12-28-31)29-10-20(11-29)7-16(8-20)30(34(26,32)33)9-14-2-4-15(5-3-14)21(23,24)25/h2-6,12,16H,7-11H2,1H3,(H2,26,32,33). The molecule has 182 valence electrons. The minimum absolute atomic E-state index is 0.0556. The van der Waals surface area contributed by atoms with Gasteiger partial charge < -0.3 is 4.90 Å². The van der Waals surface area contributed by atoms with Gasteiger partial charge in [-0.05, 0) is 49.1 Å². The maximum atomic E-state index is 12.8. The summed E-state index contributed by atoms with van der Waals surface area (Å²) >= 11 is 6.23. The monoisotopic (exact) mass is 514 g/mol. The molecule has 0 radical (unpaired) electrons. The Balaban J connectivity index is 1.27. The molecule has 0 atom stereocenters. The fraction of sp³-hybridized carbons (Fsp3) is 0.429. The van der Waals surface area contributed by atoms with Crippen LogP contribution in [-0.4, -0.2) is 46.5 Å². The molecule has 1 aliphatic heterocycles. The largest absolute Gasteiger partial charge is 0.416 e. The van der Waals surface area contributed by atoms with Crippen LogP contribution in [0.4, 0.5) is 19.0 Å². The normalized spacial score (nSPS) is 18.5. The number of fused-ring (bicyclic) bond motifs is 1. The lowest BCUT2D eigenvalue weighted by Gasteiger charge is -2.60. The summed E-state index contributed by atoms with van der Waals surface area (Å²) < 4.78 is 65.8. The van der Waals surface area contributed by atoms with E-state index in [4.69, 9.17) is 16.7 Å². The van der Waals surface area contributed by atoms with Crippen molar-refractivity contribution in [2.45, 2.75) is 38.5 Å². The van der Waals surface area contributed by atoms with Gasteiger partial charge in [0.15, 0.2) is 5.82 Å². The van der Waals surface area contributed by atoms with Crippen LogP contribution in [0, 0.1) is 12.3 Å². The predicted octanol–water partition coefficient (Wildman–Crippen LogP) is 3.38. The zero-order chi connectivity index (χ0) is 24.5. The van der Waals surface area contributed by atoms with Gasteiger partial charge >= 0.3 is 6.18 Å². The van der Waals surface area contributed by atoms with Gasteiger partial charge in [-0.2, -0.15) is 31.0 Å². The number of alkyl halides is 3. The molecule has 8 nitrogen and oxygen atoms in total. The first-order valence-electron chi connectivity index (χ1n) is 10.6. The first kappa shape index (κ1) is 23.3. The second kappa shape index (κ2) is 7.80. The van der Waals surface area contributed by atoms with Crippen LogP contribution in [0.2, 0.25) is 5.15 Å². The average Bonchev–Trinajstić information content (AvgIpc) is 2.98. The Morgan fingerprint density at radius 2 is 1.88 bits per heavy atom. The molecule has 1 saturated carbocycles. The Bertz CT molecular complexity index is 1350. The Labute approximate surface area is 199 Å². The summed E-state index contributed by atoms with van der Waals surface area (Å²) in [6.07, 6.45) is -1.77. The third-order valence-corrected chi connectivity index (χ3v) is 8.08. The van der Waals surface area contributed by atoms with Crippen LogP contribution in [-0.2, 0) is 22.9 Å². The summed E-state index contributed by atoms with van der Waals surface area (Å²) in [5.41, 5.74) is 1.41. The van der Waals surface area contributed by atoms with E-state index in [1.165, 1.54) is 22.8 Å². The van der Waals surface area contributed by atoms with Gasteiger partial charge in [0.1, 0.15) is 17.0 Å². The van der Waals surface area contributed by atoms with Gasteiger partial charge in [0.2, 0.25) is 0 Å². The lowest BCUT2D eigenvalue weighted by molar-refractivity contribution is -0.137. The topological polar surface area (TPSA) is 96.8 Å². The third-order valence-electron chi connectivity index (χ3n) is 6.73. The molecule has 2 fully saturated rings. The van der Waals surface area contributed by atoms with E-state index in [0.29, 0.717) is 36.6 Å². The predicted molar refractivity (Wildman–Crippen MR) is 120 cm³/mol. The van der Waals surface area contributed by atoms with Crippen molar-refractivity contribution in [2.75, 3.05) is 18.0 Å². The van der Waals surface area contributed by atoms with Crippen LogP contribution in [0.25, 0.3) is 5.52 Å². The first-order chi connectivity index (χ1) is 15.9. The molecule has 13 heteroatoms. The molecule has 1 aromatic carbocycles. The molecule has 1 saturated heterocycles. The van der Waals surface area contributed by atoms with E-state index in [2.05, 4.69) is 15.0 Å². The Morgan fingerprint density at radius 3 is 2.47 bits per heavy atom. The molecule has 1 spiro atoms. The van der Waals surface area contributed by atoms with Crippen LogP contribution in [0.5, 0.6) is 0 Å². The third kappa shape index (κ3) is 4.02. The molecule has 0 unspecified atom stereocenters. The highest BCUT2D eigenvalue weighted by Crippen LogP contribution is 2.52. The summed E-state index contributed by atoms with van der Waals surface area (Å²) in [6, 6.07) is 5.98. The molecule has 3 heterocycles. The summed E-state index contributed by atoms with van der Waals surface area (Å²) in [6.45, 7) is 3.28. The highest BCUT2D eigenvalue weighted by Gasteiger charge is 2.55. The van der Waals surface area contributed by atoms with Gasteiger partial charge in [-0.1, -0.05) is 23.7 Å². The number of nitrogens with zero attached hydrogens (tertiary/aromatic N) is 5. The highest BCUT2D eigenvalue weighted by atomic mass is 35.5. The fourth-order valence-electron chi connectivity index (χ4n) is 5.11. The molecule has 34 heavy (non-hydrogen) atoms. The molecule has 0 bridgehead atoms. The van der Waals surface area contributed by atoms with Gasteiger partial charge in [-0.15, -0.1) is 0 Å². The Hall–Kier alpha value is -2.41. The van der Waals surface area contributed by atoms with Gasteiger partial charge in [-0.25, -0.2) is 14.6 Å². The van der Waals surface area contributed by atoms with Gasteiger partial charge in [0.05, 0.1) is 5.56 Å². The lowest BCUT2D eigenvalue weighted by atomic mass is 9.60. The number of hydrogen-bond acceptors (Lipinski definition) is 5. The second-order valence-corrected chi connectivity index (χ2v) is 11.1. The van der Waals surface area contributed by atoms with E-state index >= 15 is 0 Å². The van der Waals surface area contributed by atoms with E-state index in [1.807, 2.05) is 13.0 Å². The van der Waals surface area contributed by atoms with Gasteiger partial charge in [-0.3, -0.25) is 0 Å². The van der Waals surface area contributed by atoms with E-state index in [-0.39, 0.29) is 18.0 Å². The number of rotatable bonds is 5. The molecule has 2 N–H and O–H groups in total. The molecule has 3 aromatic rings. The minimum Gasteiger partial charge on any atom is -0.354 e. The van der Waals surface area contributed by atoms with Crippen molar-refractivity contribution in [3.63, 3.8) is 0 Å². The van der Waals surface area contributed by atoms with Crippen molar-refractivity contribution >= 4 is 33.1 Å². The number of aryl methyl sites for hydroxylation is 1. The Morgan fingerprint density at radius 1 is 1.24 bits per heavy atom. The number of nitrogens with two attached hydrogens (primary N) is 1. The van der Waals surface area contributed by atoms with Crippen molar-refractivity contribution in [1.82, 2.24) is 18.9 Å². The maximum Gasteiger partial charge on any atom is 0.416 e. The van der Waals surface area contributed by atoms with Gasteiger partial charge in [0.25, 0.3) is 10.2 Å². The van der Waals surface area contributed by atoms with E-state index < -0.39 is 21.9 Å². The summed E-state index contributed by atoms with van der Waals surface area (Å²) in [7, 11) is -4.03. The fourth-order valence-corrected chi connectivity index (χ4v) is 6.30. The zero-order valence-electron chi connectivity index (χ0n) is 18.1. The van der Waals surface area contributed by atoms with Crippen LogP contribution >= 0.6 is 11.6 Å². The van der Waals surface area contributed by atoms with Crippen LogP contribution in [0.1, 0.15) is 29.5 Å². The molecular weight excluding hydrogens is 493 g/mol. The molecule has 2 aliphatic rings. The molecule has 2 aromatic heterocycles. The number of benzene rings is 1. The van der Waals surface area contributed by atoms with E-state index in [1.54, 1.807) is 4.52 Å². The van der Waals surface area contributed by atoms with Crippen molar-refractivity contribution in [1.29, 1.82) is 0 Å². The van der Waals surface area contributed by atoms with E-state index in [9.17, 15) is 21.6 Å². The number of hydrogen-bond donors (Lipinski definition) is 1. The SMILES string of the molecule is Cc1cc(Cl)n2ncnc(N3CC4(CC(N(Cc5ccc(C(F)(F)F)cc5)S(N)(=O)=O)C4)C3)c12. The first-order valence-corrected chi connectivity index (χ1v) is 12.4. The minimum atomic E-state index is -4.45. The smallest absolute Gasteiger partial charge is 0.354 e. The second-order valence-electron chi connectivity index (χ2n) is 9.20. The zero-order valence-corrected chi connectivity index (χ0v) is 19.7. The summed E-state index contributed by atoms with van der Waals surface area (Å²) in [5.74, 6) is 0.779. The number of anilines is 1. The van der Waals surface area contributed by atoms with E-state index in [0.717, 1.165) is 29.0 Å². The van der Waals surface area contributed by atoms with Crippen molar-refractivity contribution in [2.24, 2.45) is 10.6 Å². The van der Waals surface area contributed by atoms with Gasteiger partial charge in [0, 0.05) is 31.1 Å². The molecule has 5 rings (SSSR count). The highest BCUT2D eigenvalue weighted by molar-refractivity contribution is 7.86. The summed E-state index contributed by atoms with van der Waals surface area (Å²) in [5, 5.41) is 10.2. The summed E-state index contributed by atoms with van der Waals surface area (Å²) in [4.78, 5) is 6.55. The number of aromatic nitrogens is 3. The van der Waals surface area contributed by atoms with Crippen molar-refractivity contribution < 1.29 is 21.6 Å². The van der Waals surface area contributed by atoms with Crippen LogP contribution in [0.15, 0.2) is 36.7 Å². The average molecular weight is 515 g/mol. The molecule has 1 aliphatic carbocycles. The van der Waals surface area contributed by atoms with Crippen molar-refractivity contribution in [3.8, 4) is 0 Å². The molecular formula is C21H22ClF3N6O2S. The lowest BCUT2D eigenvalue weighted by Crippen LogP contribution is -2.67.